The Kier molecular flexibility index (Phi) is 4.56. The molecule has 1 aliphatic carbocycles. The molecule has 2 aromatic rings. The largest absolute Gasteiger partial charge is 0.345 e. The lowest BCUT2D eigenvalue weighted by atomic mass is 10.0. The number of hydrogen-bond donors (Lipinski definition) is 1. The Balaban J connectivity index is 1.68. The van der Waals surface area contributed by atoms with Crippen LogP contribution in [-0.4, -0.2) is 5.91 Å². The molecule has 3 rings (SSSR count). The van der Waals surface area contributed by atoms with Crippen LogP contribution in [0.2, 0.25) is 0 Å². The number of rotatable bonds is 5. The highest BCUT2D eigenvalue weighted by Gasteiger charge is 2.32. The van der Waals surface area contributed by atoms with Crippen molar-refractivity contribution in [2.45, 2.75) is 25.8 Å². The molecule has 0 bridgehead atoms. The number of aryl methyl sites for hydroxylation is 1. The van der Waals surface area contributed by atoms with E-state index in [1.54, 1.807) is 18.2 Å². The summed E-state index contributed by atoms with van der Waals surface area (Å²) in [5.41, 5.74) is 3.03. The van der Waals surface area contributed by atoms with E-state index in [1.807, 2.05) is 0 Å². The molecule has 2 nitrogen and oxygen atoms in total. The summed E-state index contributed by atoms with van der Waals surface area (Å²) in [7, 11) is 0. The lowest BCUT2D eigenvalue weighted by Gasteiger charge is -2.18. The minimum Gasteiger partial charge on any atom is -0.345 e. The van der Waals surface area contributed by atoms with E-state index in [-0.39, 0.29) is 17.8 Å². The second-order valence-electron chi connectivity index (χ2n) is 6.12. The van der Waals surface area contributed by atoms with Crippen molar-refractivity contribution in [3.05, 3.63) is 77.1 Å². The molecule has 0 aromatic heterocycles. The SMILES string of the molecule is Cc1ccc(C(NC(=O)/C=C/c2cccc(F)c2)C2CC2)cc1. The van der Waals surface area contributed by atoms with Gasteiger partial charge in [-0.05, 0) is 55.0 Å². The number of hydrogen-bond acceptors (Lipinski definition) is 1. The Labute approximate surface area is 136 Å². The Morgan fingerprint density at radius 3 is 2.61 bits per heavy atom. The maximum Gasteiger partial charge on any atom is 0.244 e. The number of benzene rings is 2. The first-order valence-corrected chi connectivity index (χ1v) is 7.92. The van der Waals surface area contributed by atoms with Crippen LogP contribution in [0.1, 0.15) is 35.6 Å². The maximum atomic E-state index is 13.1. The smallest absolute Gasteiger partial charge is 0.244 e. The van der Waals surface area contributed by atoms with Crippen molar-refractivity contribution in [2.75, 3.05) is 0 Å². The van der Waals surface area contributed by atoms with Crippen LogP contribution in [0, 0.1) is 18.7 Å². The molecule has 2 aromatic carbocycles. The van der Waals surface area contributed by atoms with Crippen molar-refractivity contribution in [3.63, 3.8) is 0 Å². The third-order valence-electron chi connectivity index (χ3n) is 4.10. The van der Waals surface area contributed by atoms with Gasteiger partial charge in [0.1, 0.15) is 5.82 Å². The molecule has 0 saturated heterocycles. The minimum absolute atomic E-state index is 0.0558. The number of nitrogens with one attached hydrogen (secondary N) is 1. The molecule has 1 amide bonds. The molecular weight excluding hydrogens is 289 g/mol. The van der Waals surface area contributed by atoms with Gasteiger partial charge in [-0.1, -0.05) is 42.0 Å². The molecule has 1 saturated carbocycles. The van der Waals surface area contributed by atoms with Crippen LogP contribution in [0.15, 0.2) is 54.6 Å². The highest BCUT2D eigenvalue weighted by atomic mass is 19.1. The first-order valence-electron chi connectivity index (χ1n) is 7.92. The van der Waals surface area contributed by atoms with Crippen molar-refractivity contribution in [3.8, 4) is 0 Å². The average molecular weight is 309 g/mol. The average Bonchev–Trinajstić information content (AvgIpc) is 3.36. The van der Waals surface area contributed by atoms with E-state index in [0.29, 0.717) is 11.5 Å². The van der Waals surface area contributed by atoms with Gasteiger partial charge < -0.3 is 5.32 Å². The van der Waals surface area contributed by atoms with E-state index in [0.717, 1.165) is 18.4 Å². The molecule has 0 radical (unpaired) electrons. The summed E-state index contributed by atoms with van der Waals surface area (Å²) < 4.78 is 13.1. The summed E-state index contributed by atoms with van der Waals surface area (Å²) >= 11 is 0. The third-order valence-corrected chi connectivity index (χ3v) is 4.10. The van der Waals surface area contributed by atoms with Crippen LogP contribution in [-0.2, 0) is 4.79 Å². The minimum atomic E-state index is -0.303. The Morgan fingerprint density at radius 1 is 1.22 bits per heavy atom. The lowest BCUT2D eigenvalue weighted by Crippen LogP contribution is -2.28. The number of carbonyl (C=O) groups is 1. The van der Waals surface area contributed by atoms with Crippen LogP contribution in [0.4, 0.5) is 4.39 Å². The van der Waals surface area contributed by atoms with Gasteiger partial charge >= 0.3 is 0 Å². The summed E-state index contributed by atoms with van der Waals surface area (Å²) in [5, 5.41) is 3.08. The summed E-state index contributed by atoms with van der Waals surface area (Å²) in [5.74, 6) is 0.0685. The molecule has 0 aliphatic heterocycles. The van der Waals surface area contributed by atoms with Gasteiger partial charge in [-0.25, -0.2) is 4.39 Å². The van der Waals surface area contributed by atoms with Crippen LogP contribution in [0.5, 0.6) is 0 Å². The highest BCUT2D eigenvalue weighted by Crippen LogP contribution is 2.41. The van der Waals surface area contributed by atoms with E-state index >= 15 is 0 Å². The van der Waals surface area contributed by atoms with Gasteiger partial charge in [-0.3, -0.25) is 4.79 Å². The second-order valence-corrected chi connectivity index (χ2v) is 6.12. The molecule has 1 fully saturated rings. The van der Waals surface area contributed by atoms with Crippen LogP contribution in [0.3, 0.4) is 0 Å². The zero-order chi connectivity index (χ0) is 16.2. The van der Waals surface area contributed by atoms with Gasteiger partial charge in [0.2, 0.25) is 5.91 Å². The summed E-state index contributed by atoms with van der Waals surface area (Å²) in [4.78, 5) is 12.2. The molecule has 0 spiro atoms. The quantitative estimate of drug-likeness (QED) is 0.814. The molecule has 0 heterocycles. The van der Waals surface area contributed by atoms with Crippen LogP contribution in [0.25, 0.3) is 6.08 Å². The van der Waals surface area contributed by atoms with Gasteiger partial charge in [0, 0.05) is 6.08 Å². The van der Waals surface area contributed by atoms with Gasteiger partial charge in [0.05, 0.1) is 6.04 Å². The molecule has 1 unspecified atom stereocenters. The standard InChI is InChI=1S/C20H20FNO/c1-14-5-8-16(9-6-14)20(17-10-11-17)22-19(23)12-7-15-3-2-4-18(21)13-15/h2-9,12-13,17,20H,10-11H2,1H3,(H,22,23)/b12-7+. The van der Waals surface area contributed by atoms with Gasteiger partial charge in [0.15, 0.2) is 0 Å². The normalized spacial score (nSPS) is 15.6. The van der Waals surface area contributed by atoms with Crippen LogP contribution >= 0.6 is 0 Å². The van der Waals surface area contributed by atoms with Crippen molar-refractivity contribution in [1.29, 1.82) is 0 Å². The monoisotopic (exact) mass is 309 g/mol. The summed E-state index contributed by atoms with van der Waals surface area (Å²) in [6.07, 6.45) is 5.40. The number of amides is 1. The molecular formula is C20H20FNO. The summed E-state index contributed by atoms with van der Waals surface area (Å²) in [6, 6.07) is 14.5. The van der Waals surface area contributed by atoms with Gasteiger partial charge in [-0.15, -0.1) is 0 Å². The fourth-order valence-electron chi connectivity index (χ4n) is 2.66. The van der Waals surface area contributed by atoms with E-state index in [2.05, 4.69) is 36.5 Å². The highest BCUT2D eigenvalue weighted by molar-refractivity contribution is 5.92. The second kappa shape index (κ2) is 6.78. The molecule has 1 aliphatic rings. The van der Waals surface area contributed by atoms with E-state index < -0.39 is 0 Å². The fourth-order valence-corrected chi connectivity index (χ4v) is 2.66. The lowest BCUT2D eigenvalue weighted by molar-refractivity contribution is -0.117. The predicted octanol–water partition coefficient (Wildman–Crippen LogP) is 4.41. The van der Waals surface area contributed by atoms with Crippen molar-refractivity contribution >= 4 is 12.0 Å². The predicted molar refractivity (Wildman–Crippen MR) is 90.2 cm³/mol. The molecule has 1 atom stereocenters. The molecule has 1 N–H and O–H groups in total. The van der Waals surface area contributed by atoms with Crippen molar-refractivity contribution in [2.24, 2.45) is 5.92 Å². The van der Waals surface area contributed by atoms with E-state index in [4.69, 9.17) is 0 Å². The zero-order valence-electron chi connectivity index (χ0n) is 13.1. The van der Waals surface area contributed by atoms with E-state index in [1.165, 1.54) is 23.8 Å². The summed E-state index contributed by atoms with van der Waals surface area (Å²) in [6.45, 7) is 2.05. The zero-order valence-corrected chi connectivity index (χ0v) is 13.1. The van der Waals surface area contributed by atoms with Gasteiger partial charge in [-0.2, -0.15) is 0 Å². The van der Waals surface area contributed by atoms with Gasteiger partial charge in [0.25, 0.3) is 0 Å². The van der Waals surface area contributed by atoms with Crippen LogP contribution < -0.4 is 5.32 Å². The fraction of sp³-hybridized carbons (Fsp3) is 0.250. The maximum absolute atomic E-state index is 13.1. The topological polar surface area (TPSA) is 29.1 Å². The Hall–Kier alpha value is -2.42. The molecule has 23 heavy (non-hydrogen) atoms. The third kappa shape index (κ3) is 4.28. The Bertz CT molecular complexity index is 717. The first kappa shape index (κ1) is 15.5. The number of carbonyl (C=O) groups excluding carboxylic acids is 1. The Morgan fingerprint density at radius 2 is 1.96 bits per heavy atom. The van der Waals surface area contributed by atoms with Crippen molar-refractivity contribution in [1.82, 2.24) is 5.32 Å². The molecule has 118 valence electrons. The first-order chi connectivity index (χ1) is 11.1. The van der Waals surface area contributed by atoms with E-state index in [9.17, 15) is 9.18 Å². The molecule has 3 heteroatoms. The number of halogens is 1. The van der Waals surface area contributed by atoms with Crippen molar-refractivity contribution < 1.29 is 9.18 Å².